The summed E-state index contributed by atoms with van der Waals surface area (Å²) in [6, 6.07) is 17.2. The van der Waals surface area contributed by atoms with Gasteiger partial charge in [0.05, 0.1) is 5.56 Å². The van der Waals surface area contributed by atoms with Crippen LogP contribution in [0.3, 0.4) is 0 Å². The fourth-order valence-corrected chi connectivity index (χ4v) is 2.33. The van der Waals surface area contributed by atoms with Gasteiger partial charge in [-0.2, -0.15) is 0 Å². The third-order valence-electron chi connectivity index (χ3n) is 3.43. The summed E-state index contributed by atoms with van der Waals surface area (Å²) < 4.78 is 5.62. The van der Waals surface area contributed by atoms with Gasteiger partial charge in [-0.1, -0.05) is 53.8 Å². The molecule has 0 fully saturated rings. The number of ether oxygens (including phenoxy) is 1. The molecule has 124 valence electrons. The number of hydrogen-bond acceptors (Lipinski definition) is 4. The number of nitrogen functional groups attached to an aromatic ring is 1. The molecule has 0 unspecified atom stereocenters. The average molecular weight is 350 g/mol. The van der Waals surface area contributed by atoms with Crippen LogP contribution in [0.1, 0.15) is 16.7 Å². The molecule has 5 heteroatoms. The smallest absolute Gasteiger partial charge is 0.213 e. The van der Waals surface area contributed by atoms with E-state index >= 15 is 0 Å². The van der Waals surface area contributed by atoms with Crippen molar-refractivity contribution in [1.82, 2.24) is 9.97 Å². The SMILES string of the molecule is Nc1ccc(C#CCc2ccc(COc3ccccn3)cc2)c(Cl)n1. The zero-order valence-electron chi connectivity index (χ0n) is 13.4. The lowest BCUT2D eigenvalue weighted by Gasteiger charge is -2.05. The minimum atomic E-state index is 0.328. The standard InChI is InChI=1S/C20H16ClN3O/c21-20-17(11-12-18(22)24-20)5-3-4-15-7-9-16(10-8-15)14-25-19-6-1-2-13-23-19/h1-2,6-13H,4,14H2,(H2,22,24). The fourth-order valence-electron chi connectivity index (χ4n) is 2.13. The Bertz CT molecular complexity index is 900. The molecule has 2 aromatic heterocycles. The molecule has 0 aliphatic heterocycles. The van der Waals surface area contributed by atoms with Crippen LogP contribution in [0, 0.1) is 11.8 Å². The van der Waals surface area contributed by atoms with Gasteiger partial charge >= 0.3 is 0 Å². The molecule has 0 aliphatic rings. The summed E-state index contributed by atoms with van der Waals surface area (Å²) in [6.45, 7) is 0.482. The molecule has 0 atom stereocenters. The summed E-state index contributed by atoms with van der Waals surface area (Å²) in [5, 5.41) is 0.328. The Morgan fingerprint density at radius 3 is 2.52 bits per heavy atom. The summed E-state index contributed by atoms with van der Waals surface area (Å²) >= 11 is 6.00. The molecule has 0 saturated heterocycles. The monoisotopic (exact) mass is 349 g/mol. The number of benzene rings is 1. The number of pyridine rings is 2. The second-order valence-corrected chi connectivity index (χ2v) is 5.68. The lowest BCUT2D eigenvalue weighted by atomic mass is 10.1. The minimum Gasteiger partial charge on any atom is -0.473 e. The molecule has 1 aromatic carbocycles. The molecule has 2 N–H and O–H groups in total. The summed E-state index contributed by atoms with van der Waals surface area (Å²) in [5.41, 5.74) is 8.44. The van der Waals surface area contributed by atoms with Gasteiger partial charge in [-0.15, -0.1) is 0 Å². The Balaban J connectivity index is 1.57. The van der Waals surface area contributed by atoms with Crippen LogP contribution < -0.4 is 10.5 Å². The quantitative estimate of drug-likeness (QED) is 0.573. The first-order chi connectivity index (χ1) is 12.2. The summed E-state index contributed by atoms with van der Waals surface area (Å²) in [5.74, 6) is 7.12. The topological polar surface area (TPSA) is 61.0 Å². The number of anilines is 1. The fraction of sp³-hybridized carbons (Fsp3) is 0.100. The van der Waals surface area contributed by atoms with Gasteiger partial charge in [-0.3, -0.25) is 0 Å². The van der Waals surface area contributed by atoms with E-state index in [2.05, 4.69) is 21.8 Å². The van der Waals surface area contributed by atoms with Crippen molar-refractivity contribution in [1.29, 1.82) is 0 Å². The van der Waals surface area contributed by atoms with Crippen LogP contribution in [-0.2, 0) is 13.0 Å². The Kier molecular flexibility index (Phi) is 5.50. The normalized spacial score (nSPS) is 9.96. The molecule has 4 nitrogen and oxygen atoms in total. The second kappa shape index (κ2) is 8.18. The van der Waals surface area contributed by atoms with Gasteiger partial charge in [0.25, 0.3) is 0 Å². The number of halogens is 1. The molecule has 3 aromatic rings. The van der Waals surface area contributed by atoms with Crippen LogP contribution in [0.2, 0.25) is 5.15 Å². The highest BCUT2D eigenvalue weighted by Gasteiger charge is 1.99. The van der Waals surface area contributed by atoms with Gasteiger partial charge in [-0.05, 0) is 29.3 Å². The first-order valence-electron chi connectivity index (χ1n) is 7.73. The van der Waals surface area contributed by atoms with E-state index in [0.717, 1.165) is 11.1 Å². The van der Waals surface area contributed by atoms with E-state index in [1.165, 1.54) is 0 Å². The van der Waals surface area contributed by atoms with Crippen molar-refractivity contribution in [2.24, 2.45) is 0 Å². The highest BCUT2D eigenvalue weighted by Crippen LogP contribution is 2.14. The van der Waals surface area contributed by atoms with E-state index in [4.69, 9.17) is 22.1 Å². The maximum atomic E-state index is 6.00. The van der Waals surface area contributed by atoms with Gasteiger partial charge in [0.15, 0.2) is 0 Å². The predicted octanol–water partition coefficient (Wildman–Crippen LogP) is 3.89. The highest BCUT2D eigenvalue weighted by molar-refractivity contribution is 6.30. The van der Waals surface area contributed by atoms with Crippen LogP contribution in [0.5, 0.6) is 5.88 Å². The van der Waals surface area contributed by atoms with E-state index in [1.54, 1.807) is 18.3 Å². The van der Waals surface area contributed by atoms with Gasteiger partial charge in [0.1, 0.15) is 17.6 Å². The van der Waals surface area contributed by atoms with Crippen LogP contribution in [0.15, 0.2) is 60.8 Å². The molecule has 25 heavy (non-hydrogen) atoms. The van der Waals surface area contributed by atoms with Crippen molar-refractivity contribution < 1.29 is 4.74 Å². The van der Waals surface area contributed by atoms with Crippen molar-refractivity contribution in [3.63, 3.8) is 0 Å². The predicted molar refractivity (Wildman–Crippen MR) is 99.3 cm³/mol. The average Bonchev–Trinajstić information content (AvgIpc) is 2.64. The van der Waals surface area contributed by atoms with Crippen LogP contribution in [0.4, 0.5) is 5.82 Å². The Hall–Kier alpha value is -3.03. The molecule has 0 saturated carbocycles. The number of nitrogens with zero attached hydrogens (tertiary/aromatic N) is 2. The van der Waals surface area contributed by atoms with Crippen LogP contribution in [0.25, 0.3) is 0 Å². The third kappa shape index (κ3) is 4.97. The summed E-state index contributed by atoms with van der Waals surface area (Å²) in [7, 11) is 0. The molecule has 2 heterocycles. The van der Waals surface area contributed by atoms with Gasteiger partial charge in [-0.25, -0.2) is 9.97 Å². The van der Waals surface area contributed by atoms with Gasteiger partial charge in [0.2, 0.25) is 5.88 Å². The van der Waals surface area contributed by atoms with Crippen LogP contribution >= 0.6 is 11.6 Å². The van der Waals surface area contributed by atoms with Gasteiger partial charge in [0, 0.05) is 18.7 Å². The van der Waals surface area contributed by atoms with Crippen molar-refractivity contribution in [2.75, 3.05) is 5.73 Å². The molecule has 0 aliphatic carbocycles. The lowest BCUT2D eigenvalue weighted by molar-refractivity contribution is 0.294. The molecular formula is C20H16ClN3O. The zero-order valence-corrected chi connectivity index (χ0v) is 14.2. The molecular weight excluding hydrogens is 334 g/mol. The molecule has 0 radical (unpaired) electrons. The van der Waals surface area contributed by atoms with Gasteiger partial charge < -0.3 is 10.5 Å². The first kappa shape index (κ1) is 16.8. The van der Waals surface area contributed by atoms with Crippen molar-refractivity contribution >= 4 is 17.4 Å². The lowest BCUT2D eigenvalue weighted by Crippen LogP contribution is -1.97. The zero-order chi connectivity index (χ0) is 17.5. The maximum Gasteiger partial charge on any atom is 0.213 e. The summed E-state index contributed by atoms with van der Waals surface area (Å²) in [6.07, 6.45) is 2.34. The number of nitrogens with two attached hydrogens (primary N) is 1. The van der Waals surface area contributed by atoms with E-state index in [9.17, 15) is 0 Å². The van der Waals surface area contributed by atoms with Crippen molar-refractivity contribution in [3.8, 4) is 17.7 Å². The molecule has 3 rings (SSSR count). The molecule has 0 spiro atoms. The third-order valence-corrected chi connectivity index (χ3v) is 3.72. The Morgan fingerprint density at radius 2 is 1.80 bits per heavy atom. The minimum absolute atomic E-state index is 0.328. The number of hydrogen-bond donors (Lipinski definition) is 1. The largest absolute Gasteiger partial charge is 0.473 e. The Labute approximate surface area is 151 Å². The number of rotatable bonds is 4. The van der Waals surface area contributed by atoms with E-state index in [1.807, 2.05) is 42.5 Å². The maximum absolute atomic E-state index is 6.00. The first-order valence-corrected chi connectivity index (χ1v) is 8.11. The molecule has 0 bridgehead atoms. The highest BCUT2D eigenvalue weighted by atomic mass is 35.5. The molecule has 0 amide bonds. The van der Waals surface area contributed by atoms with E-state index < -0.39 is 0 Å². The van der Waals surface area contributed by atoms with Crippen molar-refractivity contribution in [2.45, 2.75) is 13.0 Å². The summed E-state index contributed by atoms with van der Waals surface area (Å²) in [4.78, 5) is 8.11. The van der Waals surface area contributed by atoms with Crippen molar-refractivity contribution in [3.05, 3.63) is 82.6 Å². The van der Waals surface area contributed by atoms with E-state index in [-0.39, 0.29) is 0 Å². The Morgan fingerprint density at radius 1 is 1.00 bits per heavy atom. The van der Waals surface area contributed by atoms with Crippen LogP contribution in [-0.4, -0.2) is 9.97 Å². The van der Waals surface area contributed by atoms with E-state index in [0.29, 0.717) is 35.4 Å². The second-order valence-electron chi connectivity index (χ2n) is 5.33. The number of aromatic nitrogens is 2.